The predicted octanol–water partition coefficient (Wildman–Crippen LogP) is 2.90. The zero-order valence-corrected chi connectivity index (χ0v) is 12.0. The molecule has 0 saturated carbocycles. The lowest BCUT2D eigenvalue weighted by Gasteiger charge is -2.24. The summed E-state index contributed by atoms with van der Waals surface area (Å²) in [7, 11) is 0. The molecule has 4 nitrogen and oxygen atoms in total. The van der Waals surface area contributed by atoms with Gasteiger partial charge in [-0.25, -0.2) is 0 Å². The number of fused-ring (bicyclic) bond motifs is 1. The summed E-state index contributed by atoms with van der Waals surface area (Å²) in [5.41, 5.74) is 8.32. The average molecular weight is 285 g/mol. The number of benzene rings is 2. The second-order valence-corrected chi connectivity index (χ2v) is 4.82. The van der Waals surface area contributed by atoms with Crippen molar-refractivity contribution in [3.8, 4) is 17.2 Å². The second kappa shape index (κ2) is 6.06. The van der Waals surface area contributed by atoms with Crippen LogP contribution in [-0.4, -0.2) is 19.8 Å². The van der Waals surface area contributed by atoms with Crippen molar-refractivity contribution in [2.24, 2.45) is 5.73 Å². The van der Waals surface area contributed by atoms with Gasteiger partial charge in [-0.1, -0.05) is 30.3 Å². The number of rotatable bonds is 4. The van der Waals surface area contributed by atoms with Gasteiger partial charge in [-0.3, -0.25) is 0 Å². The molecule has 0 aliphatic carbocycles. The Kier molecular flexibility index (Phi) is 3.97. The molecule has 2 aromatic rings. The van der Waals surface area contributed by atoms with Crippen molar-refractivity contribution in [2.75, 3.05) is 19.8 Å². The average Bonchev–Trinajstić information content (AvgIpc) is 2.54. The molecule has 0 bridgehead atoms. The molecule has 21 heavy (non-hydrogen) atoms. The Balaban J connectivity index is 2.01. The standard InChI is InChI=1S/C17H19NO3/c1-2-19-14-8-4-3-6-12(14)16(18)13-7-5-9-15-17(13)21-11-10-20-15/h3-9,16H,2,10-11,18H2,1H3. The van der Waals surface area contributed by atoms with Crippen LogP contribution in [0.1, 0.15) is 24.1 Å². The molecule has 0 fully saturated rings. The molecule has 1 aliphatic heterocycles. The van der Waals surface area contributed by atoms with Crippen molar-refractivity contribution in [1.82, 2.24) is 0 Å². The van der Waals surface area contributed by atoms with E-state index in [2.05, 4.69) is 0 Å². The molecule has 4 heteroatoms. The third-order valence-corrected chi connectivity index (χ3v) is 3.49. The van der Waals surface area contributed by atoms with E-state index in [1.54, 1.807) is 0 Å². The Morgan fingerprint density at radius 2 is 1.81 bits per heavy atom. The number of hydrogen-bond donors (Lipinski definition) is 1. The van der Waals surface area contributed by atoms with Gasteiger partial charge in [-0.15, -0.1) is 0 Å². The lowest BCUT2D eigenvalue weighted by Crippen LogP contribution is -2.20. The Labute approximate surface area is 124 Å². The summed E-state index contributed by atoms with van der Waals surface area (Å²) in [6, 6.07) is 13.3. The first-order valence-corrected chi connectivity index (χ1v) is 7.17. The van der Waals surface area contributed by atoms with Gasteiger partial charge in [0.25, 0.3) is 0 Å². The highest BCUT2D eigenvalue weighted by atomic mass is 16.6. The van der Waals surface area contributed by atoms with Crippen molar-refractivity contribution in [3.05, 3.63) is 53.6 Å². The first kappa shape index (κ1) is 13.8. The van der Waals surface area contributed by atoms with E-state index in [1.807, 2.05) is 49.4 Å². The zero-order valence-electron chi connectivity index (χ0n) is 12.0. The van der Waals surface area contributed by atoms with Crippen LogP contribution in [0.5, 0.6) is 17.2 Å². The Bertz CT molecular complexity index is 627. The first-order chi connectivity index (χ1) is 10.3. The topological polar surface area (TPSA) is 53.7 Å². The van der Waals surface area contributed by atoms with Gasteiger partial charge in [-0.2, -0.15) is 0 Å². The van der Waals surface area contributed by atoms with Gasteiger partial charge >= 0.3 is 0 Å². The lowest BCUT2D eigenvalue weighted by atomic mass is 9.97. The number of ether oxygens (including phenoxy) is 3. The van der Waals surface area contributed by atoms with Gasteiger partial charge < -0.3 is 19.9 Å². The van der Waals surface area contributed by atoms with Crippen LogP contribution < -0.4 is 19.9 Å². The predicted molar refractivity (Wildman–Crippen MR) is 81.1 cm³/mol. The maximum Gasteiger partial charge on any atom is 0.166 e. The van der Waals surface area contributed by atoms with E-state index in [9.17, 15) is 0 Å². The van der Waals surface area contributed by atoms with Gasteiger partial charge in [-0.05, 0) is 19.1 Å². The van der Waals surface area contributed by atoms with Crippen LogP contribution in [-0.2, 0) is 0 Å². The fraction of sp³-hybridized carbons (Fsp3) is 0.294. The molecule has 0 amide bonds. The molecule has 1 atom stereocenters. The minimum absolute atomic E-state index is 0.315. The van der Waals surface area contributed by atoms with E-state index in [0.29, 0.717) is 19.8 Å². The summed E-state index contributed by atoms with van der Waals surface area (Å²) >= 11 is 0. The monoisotopic (exact) mass is 285 g/mol. The molecule has 110 valence electrons. The smallest absolute Gasteiger partial charge is 0.166 e. The first-order valence-electron chi connectivity index (χ1n) is 7.17. The Hall–Kier alpha value is -2.20. The van der Waals surface area contributed by atoms with Gasteiger partial charge in [0.15, 0.2) is 11.5 Å². The molecule has 2 aromatic carbocycles. The van der Waals surface area contributed by atoms with Crippen LogP contribution in [0.4, 0.5) is 0 Å². The molecular formula is C17H19NO3. The van der Waals surface area contributed by atoms with Crippen LogP contribution in [0, 0.1) is 0 Å². The Morgan fingerprint density at radius 1 is 1.05 bits per heavy atom. The summed E-state index contributed by atoms with van der Waals surface area (Å²) in [4.78, 5) is 0. The van der Waals surface area contributed by atoms with Gasteiger partial charge in [0.2, 0.25) is 0 Å². The normalized spacial score (nSPS) is 14.6. The maximum absolute atomic E-state index is 6.46. The summed E-state index contributed by atoms with van der Waals surface area (Å²) in [5.74, 6) is 2.30. The fourth-order valence-electron chi connectivity index (χ4n) is 2.53. The number of para-hydroxylation sites is 2. The highest BCUT2D eigenvalue weighted by Gasteiger charge is 2.22. The summed E-state index contributed by atoms with van der Waals surface area (Å²) in [6.07, 6.45) is 0. The minimum Gasteiger partial charge on any atom is -0.494 e. The van der Waals surface area contributed by atoms with Crippen LogP contribution in [0.25, 0.3) is 0 Å². The van der Waals surface area contributed by atoms with E-state index >= 15 is 0 Å². The summed E-state index contributed by atoms with van der Waals surface area (Å²) < 4.78 is 17.0. The summed E-state index contributed by atoms with van der Waals surface area (Å²) in [6.45, 7) is 3.69. The third kappa shape index (κ3) is 2.67. The molecule has 1 aliphatic rings. The van der Waals surface area contributed by atoms with Crippen LogP contribution >= 0.6 is 0 Å². The van der Waals surface area contributed by atoms with Crippen LogP contribution in [0.3, 0.4) is 0 Å². The van der Waals surface area contributed by atoms with Crippen molar-refractivity contribution in [3.63, 3.8) is 0 Å². The van der Waals surface area contributed by atoms with E-state index < -0.39 is 0 Å². The van der Waals surface area contributed by atoms with Crippen LogP contribution in [0.15, 0.2) is 42.5 Å². The van der Waals surface area contributed by atoms with E-state index in [1.165, 1.54) is 0 Å². The van der Waals surface area contributed by atoms with Crippen molar-refractivity contribution < 1.29 is 14.2 Å². The quantitative estimate of drug-likeness (QED) is 0.938. The van der Waals surface area contributed by atoms with E-state index in [0.717, 1.165) is 28.4 Å². The molecule has 0 radical (unpaired) electrons. The highest BCUT2D eigenvalue weighted by Crippen LogP contribution is 2.39. The second-order valence-electron chi connectivity index (χ2n) is 4.82. The van der Waals surface area contributed by atoms with Gasteiger partial charge in [0.1, 0.15) is 19.0 Å². The third-order valence-electron chi connectivity index (χ3n) is 3.49. The van der Waals surface area contributed by atoms with E-state index in [-0.39, 0.29) is 6.04 Å². The molecule has 1 heterocycles. The SMILES string of the molecule is CCOc1ccccc1C(N)c1cccc2c1OCCO2. The molecule has 3 rings (SSSR count). The maximum atomic E-state index is 6.46. The summed E-state index contributed by atoms with van der Waals surface area (Å²) in [5, 5.41) is 0. The largest absolute Gasteiger partial charge is 0.494 e. The number of hydrogen-bond acceptors (Lipinski definition) is 4. The fourth-order valence-corrected chi connectivity index (χ4v) is 2.53. The zero-order chi connectivity index (χ0) is 14.7. The molecule has 0 saturated heterocycles. The Morgan fingerprint density at radius 3 is 2.67 bits per heavy atom. The van der Waals surface area contributed by atoms with E-state index in [4.69, 9.17) is 19.9 Å². The van der Waals surface area contributed by atoms with Crippen molar-refractivity contribution in [2.45, 2.75) is 13.0 Å². The van der Waals surface area contributed by atoms with Crippen molar-refractivity contribution >= 4 is 0 Å². The molecule has 0 aromatic heterocycles. The van der Waals surface area contributed by atoms with Gasteiger partial charge in [0.05, 0.1) is 12.6 Å². The minimum atomic E-state index is -0.315. The molecule has 0 spiro atoms. The molecular weight excluding hydrogens is 266 g/mol. The molecule has 2 N–H and O–H groups in total. The van der Waals surface area contributed by atoms with Crippen LogP contribution in [0.2, 0.25) is 0 Å². The molecule has 1 unspecified atom stereocenters. The highest BCUT2D eigenvalue weighted by molar-refractivity contribution is 5.53. The lowest BCUT2D eigenvalue weighted by molar-refractivity contribution is 0.169. The van der Waals surface area contributed by atoms with Gasteiger partial charge in [0, 0.05) is 11.1 Å². The van der Waals surface area contributed by atoms with Crippen molar-refractivity contribution in [1.29, 1.82) is 0 Å². The number of nitrogens with two attached hydrogens (primary N) is 1.